The van der Waals surface area contributed by atoms with Crippen LogP contribution in [0.4, 0.5) is 0 Å². The summed E-state index contributed by atoms with van der Waals surface area (Å²) in [6.07, 6.45) is 7.50. The normalized spacial score (nSPS) is 14.2. The second-order valence-electron chi connectivity index (χ2n) is 1.86. The van der Waals surface area contributed by atoms with Gasteiger partial charge in [0, 0.05) is 22.4 Å². The summed E-state index contributed by atoms with van der Waals surface area (Å²) >= 11 is 0. The van der Waals surface area contributed by atoms with E-state index in [1.165, 1.54) is 37.0 Å². The molecule has 0 N–H and O–H groups in total. The summed E-state index contributed by atoms with van der Waals surface area (Å²) in [4.78, 5) is 1.50. The molecule has 0 aromatic heterocycles. The van der Waals surface area contributed by atoms with Crippen LogP contribution in [-0.4, -0.2) is 0 Å². The molecule has 0 bridgehead atoms. The van der Waals surface area contributed by atoms with E-state index >= 15 is 0 Å². The smallest absolute Gasteiger partial charge is 0 e. The molecule has 0 saturated heterocycles. The standard InChI is InChI=1S/C5H10.N3.Ta/c1-2-4-5-3-1;1-3-2;/h1-5H2;;/q;-1;. The largest absolute Gasteiger partial charge is 0.373 e. The first kappa shape index (κ1) is 11.8. The minimum absolute atomic E-state index is 0. The van der Waals surface area contributed by atoms with Gasteiger partial charge in [0.25, 0.3) is 0 Å². The maximum absolute atomic E-state index is 6.75. The molecule has 51 valence electrons. The Labute approximate surface area is 70.8 Å². The van der Waals surface area contributed by atoms with Crippen LogP contribution in [-0.2, 0) is 22.4 Å². The minimum Gasteiger partial charge on any atom is -0.373 e. The monoisotopic (exact) mass is 293 g/mol. The van der Waals surface area contributed by atoms with Crippen molar-refractivity contribution in [3.05, 3.63) is 16.0 Å². The van der Waals surface area contributed by atoms with E-state index in [9.17, 15) is 0 Å². The average Bonchev–Trinajstić information content (AvgIpc) is 2.17. The second kappa shape index (κ2) is 10.9. The van der Waals surface area contributed by atoms with E-state index in [0.29, 0.717) is 0 Å². The Morgan fingerprint density at radius 1 is 0.778 bits per heavy atom. The molecule has 0 aromatic rings. The van der Waals surface area contributed by atoms with Gasteiger partial charge in [0.15, 0.2) is 0 Å². The SMILES string of the molecule is C1CCCC1.[N-]=[N+]=[N-].[Ta]. The van der Waals surface area contributed by atoms with Gasteiger partial charge in [0.2, 0.25) is 0 Å². The molecule has 1 aliphatic rings. The van der Waals surface area contributed by atoms with Crippen LogP contribution >= 0.6 is 0 Å². The molecule has 0 atom stereocenters. The van der Waals surface area contributed by atoms with Crippen LogP contribution in [0, 0.1) is 0 Å². The summed E-state index contributed by atoms with van der Waals surface area (Å²) in [5, 5.41) is 0. The van der Waals surface area contributed by atoms with Gasteiger partial charge in [-0.1, -0.05) is 32.1 Å². The van der Waals surface area contributed by atoms with Gasteiger partial charge in [-0.2, -0.15) is 0 Å². The first-order valence-corrected chi connectivity index (χ1v) is 2.90. The third kappa shape index (κ3) is 11.6. The number of hydrogen-bond acceptors (Lipinski definition) is 0. The van der Waals surface area contributed by atoms with Gasteiger partial charge in [0.1, 0.15) is 0 Å². The van der Waals surface area contributed by atoms with Crippen molar-refractivity contribution in [1.82, 2.24) is 0 Å². The van der Waals surface area contributed by atoms with E-state index in [2.05, 4.69) is 0 Å². The number of nitrogens with zero attached hydrogens (tertiary/aromatic N) is 3. The molecule has 0 spiro atoms. The molecule has 0 amide bonds. The minimum atomic E-state index is 0. The third-order valence-corrected chi connectivity index (χ3v) is 1.25. The Kier molecular flexibility index (Phi) is 14.3. The zero-order valence-corrected chi connectivity index (χ0v) is 8.54. The van der Waals surface area contributed by atoms with Crippen LogP contribution in [0.3, 0.4) is 0 Å². The zero-order chi connectivity index (χ0) is 6.24. The van der Waals surface area contributed by atoms with E-state index in [4.69, 9.17) is 11.1 Å². The number of hydrogen-bond donors (Lipinski definition) is 0. The van der Waals surface area contributed by atoms with Gasteiger partial charge in [-0.05, 0) is 0 Å². The molecule has 0 aromatic carbocycles. The van der Waals surface area contributed by atoms with E-state index in [1.54, 1.807) is 0 Å². The van der Waals surface area contributed by atoms with Crippen LogP contribution in [0.25, 0.3) is 16.0 Å². The van der Waals surface area contributed by atoms with Crippen LogP contribution < -0.4 is 0 Å². The van der Waals surface area contributed by atoms with E-state index in [0.717, 1.165) is 0 Å². The summed E-state index contributed by atoms with van der Waals surface area (Å²) in [5.41, 5.74) is 13.5. The summed E-state index contributed by atoms with van der Waals surface area (Å²) in [5.74, 6) is 0. The molecule has 1 radical (unpaired) electrons. The fourth-order valence-corrected chi connectivity index (χ4v) is 0.884. The number of rotatable bonds is 0. The van der Waals surface area contributed by atoms with Crippen molar-refractivity contribution in [2.45, 2.75) is 32.1 Å². The molecular weight excluding hydrogens is 283 g/mol. The average molecular weight is 293 g/mol. The molecule has 1 fully saturated rings. The summed E-state index contributed by atoms with van der Waals surface area (Å²) in [6.45, 7) is 0. The Hall–Kier alpha value is 0.0503. The van der Waals surface area contributed by atoms with Crippen LogP contribution in [0.5, 0.6) is 0 Å². The molecule has 0 unspecified atom stereocenters. The topological polar surface area (TPSA) is 58.7 Å². The summed E-state index contributed by atoms with van der Waals surface area (Å²) in [6, 6.07) is 0. The summed E-state index contributed by atoms with van der Waals surface area (Å²) in [7, 11) is 0. The van der Waals surface area contributed by atoms with E-state index in [1.807, 2.05) is 0 Å². The molecule has 0 aliphatic heterocycles. The molecule has 1 rings (SSSR count). The molecule has 1 aliphatic carbocycles. The van der Waals surface area contributed by atoms with E-state index in [-0.39, 0.29) is 22.4 Å². The fraction of sp³-hybridized carbons (Fsp3) is 1.00. The Balaban J connectivity index is 0. The summed E-state index contributed by atoms with van der Waals surface area (Å²) < 4.78 is 0. The van der Waals surface area contributed by atoms with Crippen molar-refractivity contribution in [2.24, 2.45) is 0 Å². The van der Waals surface area contributed by atoms with Crippen LogP contribution in [0.2, 0.25) is 0 Å². The second-order valence-corrected chi connectivity index (χ2v) is 1.86. The Bertz CT molecular complexity index is 66.7. The van der Waals surface area contributed by atoms with Crippen molar-refractivity contribution in [3.8, 4) is 0 Å². The van der Waals surface area contributed by atoms with Crippen LogP contribution in [0.15, 0.2) is 0 Å². The Morgan fingerprint density at radius 2 is 0.889 bits per heavy atom. The van der Waals surface area contributed by atoms with Crippen molar-refractivity contribution in [2.75, 3.05) is 0 Å². The molecule has 9 heavy (non-hydrogen) atoms. The first-order valence-electron chi connectivity index (χ1n) is 2.90. The van der Waals surface area contributed by atoms with Gasteiger partial charge in [-0.15, -0.1) is 0 Å². The predicted molar refractivity (Wildman–Crippen MR) is 33.2 cm³/mol. The molecule has 0 heterocycles. The van der Waals surface area contributed by atoms with Crippen molar-refractivity contribution in [3.63, 3.8) is 0 Å². The molecular formula is C5H10N3Ta-. The first-order chi connectivity index (χ1) is 3.91. The van der Waals surface area contributed by atoms with Gasteiger partial charge in [-0.3, -0.25) is 4.91 Å². The van der Waals surface area contributed by atoms with Crippen molar-refractivity contribution in [1.29, 1.82) is 0 Å². The maximum Gasteiger partial charge on any atom is 0 e. The molecule has 4 heteroatoms. The van der Waals surface area contributed by atoms with Gasteiger partial charge >= 0.3 is 0 Å². The van der Waals surface area contributed by atoms with Gasteiger partial charge < -0.3 is 11.1 Å². The Morgan fingerprint density at radius 3 is 1.00 bits per heavy atom. The fourth-order valence-electron chi connectivity index (χ4n) is 0.884. The van der Waals surface area contributed by atoms with Crippen molar-refractivity contribution >= 4 is 0 Å². The third-order valence-electron chi connectivity index (χ3n) is 1.25. The van der Waals surface area contributed by atoms with Crippen LogP contribution in [0.1, 0.15) is 32.1 Å². The predicted octanol–water partition coefficient (Wildman–Crippen LogP) is 2.81. The van der Waals surface area contributed by atoms with Crippen molar-refractivity contribution < 1.29 is 22.4 Å². The molecule has 3 nitrogen and oxygen atoms in total. The zero-order valence-electron chi connectivity index (χ0n) is 5.32. The van der Waals surface area contributed by atoms with Gasteiger partial charge in [0.05, 0.1) is 0 Å². The quantitative estimate of drug-likeness (QED) is 0.374. The van der Waals surface area contributed by atoms with E-state index < -0.39 is 0 Å². The molecule has 1 saturated carbocycles. The maximum atomic E-state index is 6.75. The van der Waals surface area contributed by atoms with Gasteiger partial charge in [-0.25, -0.2) is 0 Å².